The Kier molecular flexibility index (Phi) is 5.67. The number of hydrogen-bond donors (Lipinski definition) is 3. The molecule has 3 N–H and O–H groups in total. The fraction of sp³-hybridized carbons (Fsp3) is 0.400. The van der Waals surface area contributed by atoms with Crippen LogP contribution in [0.5, 0.6) is 5.75 Å². The number of nitrogens with one attached hydrogen (secondary N) is 1. The van der Waals surface area contributed by atoms with Gasteiger partial charge in [-0.1, -0.05) is 67.7 Å². The summed E-state index contributed by atoms with van der Waals surface area (Å²) in [5.74, 6) is 0.225. The zero-order chi connectivity index (χ0) is 21.3. The van der Waals surface area contributed by atoms with Crippen LogP contribution in [0.2, 0.25) is 0 Å². The molecule has 5 nitrogen and oxygen atoms in total. The van der Waals surface area contributed by atoms with Gasteiger partial charge in [-0.15, -0.1) is 0 Å². The zero-order valence-electron chi connectivity index (χ0n) is 17.5. The normalized spacial score (nSPS) is 24.6. The van der Waals surface area contributed by atoms with Gasteiger partial charge in [0.1, 0.15) is 5.75 Å². The second-order valence-corrected chi connectivity index (χ2v) is 8.51. The molecule has 0 bridgehead atoms. The Morgan fingerprint density at radius 3 is 2.57 bits per heavy atom. The van der Waals surface area contributed by atoms with E-state index in [1.165, 1.54) is 38.4 Å². The maximum Gasteiger partial charge on any atom is 0.257 e. The second kappa shape index (κ2) is 8.25. The van der Waals surface area contributed by atoms with Crippen molar-refractivity contribution in [3.8, 4) is 5.75 Å². The number of methoxy groups -OCH3 is 1. The van der Waals surface area contributed by atoms with Crippen molar-refractivity contribution >= 4 is 17.7 Å². The summed E-state index contributed by atoms with van der Waals surface area (Å²) in [4.78, 5) is 12.7. The summed E-state index contributed by atoms with van der Waals surface area (Å²) in [6, 6.07) is 12.4. The number of carbonyl (C=O) groups is 1. The molecular weight excluding hydrogens is 378 g/mol. The quantitative estimate of drug-likeness (QED) is 0.678. The van der Waals surface area contributed by atoms with Crippen molar-refractivity contribution in [3.05, 3.63) is 64.7 Å². The van der Waals surface area contributed by atoms with Crippen LogP contribution < -0.4 is 5.32 Å². The Morgan fingerprint density at radius 1 is 1.20 bits per heavy atom. The van der Waals surface area contributed by atoms with Crippen LogP contribution in [0.3, 0.4) is 0 Å². The smallest absolute Gasteiger partial charge is 0.257 e. The molecule has 1 heterocycles. The highest BCUT2D eigenvalue weighted by atomic mass is 16.5. The minimum atomic E-state index is -1.80. The van der Waals surface area contributed by atoms with Gasteiger partial charge in [-0.05, 0) is 37.0 Å². The molecule has 0 aromatic heterocycles. The summed E-state index contributed by atoms with van der Waals surface area (Å²) in [5.41, 5.74) is 1.17. The summed E-state index contributed by atoms with van der Waals surface area (Å²) in [5, 5.41) is 25.8. The molecule has 1 aliphatic heterocycles. The molecule has 0 spiro atoms. The van der Waals surface area contributed by atoms with Crippen molar-refractivity contribution in [2.24, 2.45) is 5.92 Å². The Labute approximate surface area is 177 Å². The van der Waals surface area contributed by atoms with Gasteiger partial charge in [0.05, 0.1) is 11.3 Å². The van der Waals surface area contributed by atoms with Crippen molar-refractivity contribution in [2.45, 2.75) is 50.7 Å². The second-order valence-electron chi connectivity index (χ2n) is 8.51. The van der Waals surface area contributed by atoms with Gasteiger partial charge in [0.15, 0.2) is 11.7 Å². The third-order valence-electron chi connectivity index (χ3n) is 6.40. The van der Waals surface area contributed by atoms with E-state index in [0.29, 0.717) is 22.7 Å². The van der Waals surface area contributed by atoms with E-state index in [2.05, 4.69) is 12.2 Å². The third-order valence-corrected chi connectivity index (χ3v) is 6.40. The summed E-state index contributed by atoms with van der Waals surface area (Å²) in [6.45, 7) is 2.08. The predicted octanol–water partition coefficient (Wildman–Crippen LogP) is 4.58. The van der Waals surface area contributed by atoms with Crippen LogP contribution >= 0.6 is 0 Å². The molecule has 2 aromatic rings. The summed E-state index contributed by atoms with van der Waals surface area (Å²) in [7, 11) is 1.38. The molecule has 0 radical (unpaired) electrons. The van der Waals surface area contributed by atoms with Crippen LogP contribution in [0.25, 0.3) is 6.08 Å². The molecule has 1 aliphatic carbocycles. The number of aliphatic hydroxyl groups is 1. The number of phenolic OH excluding ortho intramolecular Hbond substituents is 1. The molecule has 158 valence electrons. The van der Waals surface area contributed by atoms with E-state index in [0.717, 1.165) is 6.42 Å². The van der Waals surface area contributed by atoms with E-state index < -0.39 is 17.6 Å². The van der Waals surface area contributed by atoms with E-state index in [1.54, 1.807) is 36.4 Å². The van der Waals surface area contributed by atoms with E-state index in [1.807, 2.05) is 12.1 Å². The van der Waals surface area contributed by atoms with Gasteiger partial charge in [0.2, 0.25) is 0 Å². The summed E-state index contributed by atoms with van der Waals surface area (Å²) in [6.07, 6.45) is 6.92. The number of phenols is 1. The molecule has 2 aromatic carbocycles. The van der Waals surface area contributed by atoms with E-state index in [9.17, 15) is 15.0 Å². The minimum absolute atomic E-state index is 0.0355. The lowest BCUT2D eigenvalue weighted by molar-refractivity contribution is -0.142. The van der Waals surface area contributed by atoms with Crippen LogP contribution in [-0.4, -0.2) is 29.3 Å². The molecule has 4 rings (SSSR count). The number of rotatable bonds is 5. The molecule has 2 atom stereocenters. The number of benzene rings is 2. The van der Waals surface area contributed by atoms with E-state index >= 15 is 0 Å². The summed E-state index contributed by atoms with van der Waals surface area (Å²) >= 11 is 0. The summed E-state index contributed by atoms with van der Waals surface area (Å²) < 4.78 is 5.41. The highest BCUT2D eigenvalue weighted by Gasteiger charge is 2.51. The predicted molar refractivity (Wildman–Crippen MR) is 117 cm³/mol. The number of amides is 1. The molecule has 0 saturated heterocycles. The number of aromatic hydroxyl groups is 1. The lowest BCUT2D eigenvalue weighted by atomic mass is 9.76. The van der Waals surface area contributed by atoms with Crippen LogP contribution in [-0.2, 0) is 15.1 Å². The monoisotopic (exact) mass is 407 g/mol. The first-order valence-electron chi connectivity index (χ1n) is 10.6. The number of anilines is 1. The number of allylic oxidation sites excluding steroid dienone is 1. The molecule has 1 saturated carbocycles. The first kappa shape index (κ1) is 20.6. The lowest BCUT2D eigenvalue weighted by Crippen LogP contribution is -2.52. The SMILES string of the molecule is COC1C(=O)Nc2ccc(C=C(C)CC3CCCC3)c(O)c2C1(O)c1ccccc1. The maximum absolute atomic E-state index is 12.7. The van der Waals surface area contributed by atoms with Crippen molar-refractivity contribution < 1.29 is 19.7 Å². The largest absolute Gasteiger partial charge is 0.507 e. The standard InChI is InChI=1S/C25H29NO4/c1-16(14-17-8-6-7-9-17)15-18-12-13-20-21(22(18)27)25(29,19-10-4-3-5-11-19)23(30-2)24(28)26-20/h3-5,10-13,15,17,23,27,29H,6-9,14H2,1-2H3,(H,26,28). The highest BCUT2D eigenvalue weighted by Crippen LogP contribution is 2.48. The van der Waals surface area contributed by atoms with E-state index in [-0.39, 0.29) is 11.3 Å². The zero-order valence-corrected chi connectivity index (χ0v) is 17.5. The number of ether oxygens (including phenoxy) is 1. The van der Waals surface area contributed by atoms with Gasteiger partial charge in [-0.2, -0.15) is 0 Å². The highest BCUT2D eigenvalue weighted by molar-refractivity contribution is 6.00. The fourth-order valence-corrected chi connectivity index (χ4v) is 4.99. The molecule has 30 heavy (non-hydrogen) atoms. The number of carbonyl (C=O) groups excluding carboxylic acids is 1. The fourth-order valence-electron chi connectivity index (χ4n) is 4.99. The first-order chi connectivity index (χ1) is 14.4. The lowest BCUT2D eigenvalue weighted by Gasteiger charge is -2.40. The average molecular weight is 408 g/mol. The molecule has 2 aliphatic rings. The Morgan fingerprint density at radius 2 is 1.90 bits per heavy atom. The molecule has 2 unspecified atom stereocenters. The van der Waals surface area contributed by atoms with Gasteiger partial charge in [0.25, 0.3) is 5.91 Å². The average Bonchev–Trinajstić information content (AvgIpc) is 3.23. The Hall–Kier alpha value is -2.63. The van der Waals surface area contributed by atoms with E-state index in [4.69, 9.17) is 4.74 Å². The first-order valence-corrected chi connectivity index (χ1v) is 10.6. The van der Waals surface area contributed by atoms with Gasteiger partial charge in [-0.3, -0.25) is 4.79 Å². The van der Waals surface area contributed by atoms with Gasteiger partial charge in [0, 0.05) is 12.7 Å². The van der Waals surface area contributed by atoms with Crippen molar-refractivity contribution in [3.63, 3.8) is 0 Å². The minimum Gasteiger partial charge on any atom is -0.507 e. The number of fused-ring (bicyclic) bond motifs is 1. The van der Waals surface area contributed by atoms with Gasteiger partial charge >= 0.3 is 0 Å². The van der Waals surface area contributed by atoms with Crippen LogP contribution in [0.1, 0.15) is 55.7 Å². The third kappa shape index (κ3) is 3.53. The van der Waals surface area contributed by atoms with Gasteiger partial charge in [-0.25, -0.2) is 0 Å². The van der Waals surface area contributed by atoms with Crippen molar-refractivity contribution in [2.75, 3.05) is 12.4 Å². The van der Waals surface area contributed by atoms with Crippen LogP contribution in [0.15, 0.2) is 48.0 Å². The maximum atomic E-state index is 12.7. The molecular formula is C25H29NO4. The topological polar surface area (TPSA) is 78.8 Å². The van der Waals surface area contributed by atoms with Crippen molar-refractivity contribution in [1.29, 1.82) is 0 Å². The van der Waals surface area contributed by atoms with Crippen LogP contribution in [0, 0.1) is 5.92 Å². The number of hydrogen-bond acceptors (Lipinski definition) is 4. The van der Waals surface area contributed by atoms with Gasteiger partial charge < -0.3 is 20.3 Å². The van der Waals surface area contributed by atoms with Crippen molar-refractivity contribution in [1.82, 2.24) is 0 Å². The molecule has 1 fully saturated rings. The Bertz CT molecular complexity index is 963. The van der Waals surface area contributed by atoms with Crippen LogP contribution in [0.4, 0.5) is 5.69 Å². The molecule has 5 heteroatoms. The Balaban J connectivity index is 1.81. The molecule has 1 amide bonds.